The lowest BCUT2D eigenvalue weighted by Crippen LogP contribution is -2.52. The van der Waals surface area contributed by atoms with Crippen LogP contribution in [-0.2, 0) is 16.0 Å². The molecule has 0 atom stereocenters. The Kier molecular flexibility index (Phi) is 6.74. The molecule has 1 saturated heterocycles. The minimum absolute atomic E-state index is 0.132. The van der Waals surface area contributed by atoms with Gasteiger partial charge in [-0.05, 0) is 55.7 Å². The van der Waals surface area contributed by atoms with Crippen molar-refractivity contribution in [3.8, 4) is 11.1 Å². The molecule has 0 spiro atoms. The third-order valence-corrected chi connectivity index (χ3v) is 7.13. The first-order valence-corrected chi connectivity index (χ1v) is 11.8. The van der Waals surface area contributed by atoms with Gasteiger partial charge in [-0.15, -0.1) is 0 Å². The van der Waals surface area contributed by atoms with E-state index in [1.807, 2.05) is 17.9 Å². The van der Waals surface area contributed by atoms with Crippen LogP contribution in [0, 0.1) is 11.3 Å². The van der Waals surface area contributed by atoms with Crippen LogP contribution < -0.4 is 5.32 Å². The van der Waals surface area contributed by atoms with Gasteiger partial charge in [-0.3, -0.25) is 9.59 Å². The summed E-state index contributed by atoms with van der Waals surface area (Å²) in [6.45, 7) is 3.98. The van der Waals surface area contributed by atoms with Crippen molar-refractivity contribution in [1.82, 2.24) is 10.2 Å². The van der Waals surface area contributed by atoms with Crippen molar-refractivity contribution in [2.45, 2.75) is 51.9 Å². The first-order valence-electron chi connectivity index (χ1n) is 11.8. The SMILES string of the molecule is CCNC(=O)C1(Cc2cccc(-c3ccccc3)c2)CCN(C(=O)C2CCCC2)CC1. The van der Waals surface area contributed by atoms with Crippen molar-refractivity contribution < 1.29 is 9.59 Å². The van der Waals surface area contributed by atoms with Crippen LogP contribution in [0.4, 0.5) is 0 Å². The number of amides is 2. The smallest absolute Gasteiger partial charge is 0.226 e. The molecular weight excluding hydrogens is 384 g/mol. The van der Waals surface area contributed by atoms with Gasteiger partial charge in [0.1, 0.15) is 0 Å². The Morgan fingerprint density at radius 2 is 1.65 bits per heavy atom. The first kappa shape index (κ1) is 21.6. The molecule has 164 valence electrons. The number of rotatable bonds is 6. The highest BCUT2D eigenvalue weighted by atomic mass is 16.2. The van der Waals surface area contributed by atoms with Crippen molar-refractivity contribution in [3.05, 3.63) is 60.2 Å². The van der Waals surface area contributed by atoms with E-state index in [0.29, 0.717) is 32.0 Å². The molecule has 0 aromatic heterocycles. The summed E-state index contributed by atoms with van der Waals surface area (Å²) in [6.07, 6.45) is 6.58. The van der Waals surface area contributed by atoms with E-state index in [4.69, 9.17) is 0 Å². The summed E-state index contributed by atoms with van der Waals surface area (Å²) in [6, 6.07) is 18.9. The van der Waals surface area contributed by atoms with E-state index in [-0.39, 0.29) is 11.8 Å². The minimum Gasteiger partial charge on any atom is -0.356 e. The summed E-state index contributed by atoms with van der Waals surface area (Å²) < 4.78 is 0. The maximum absolute atomic E-state index is 13.2. The van der Waals surface area contributed by atoms with Crippen molar-refractivity contribution >= 4 is 11.8 Å². The van der Waals surface area contributed by atoms with Gasteiger partial charge < -0.3 is 10.2 Å². The van der Waals surface area contributed by atoms with Crippen molar-refractivity contribution in [1.29, 1.82) is 0 Å². The van der Waals surface area contributed by atoms with Gasteiger partial charge in [-0.25, -0.2) is 0 Å². The van der Waals surface area contributed by atoms with Gasteiger partial charge in [0.2, 0.25) is 11.8 Å². The number of likely N-dealkylation sites (tertiary alicyclic amines) is 1. The predicted molar refractivity (Wildman–Crippen MR) is 124 cm³/mol. The molecule has 1 heterocycles. The van der Waals surface area contributed by atoms with Crippen LogP contribution in [0.2, 0.25) is 0 Å². The highest BCUT2D eigenvalue weighted by Gasteiger charge is 2.43. The fourth-order valence-corrected chi connectivity index (χ4v) is 5.30. The monoisotopic (exact) mass is 418 g/mol. The number of benzene rings is 2. The summed E-state index contributed by atoms with van der Waals surface area (Å²) >= 11 is 0. The second-order valence-corrected chi connectivity index (χ2v) is 9.19. The van der Waals surface area contributed by atoms with Gasteiger partial charge in [0.25, 0.3) is 0 Å². The molecular formula is C27H34N2O2. The highest BCUT2D eigenvalue weighted by molar-refractivity contribution is 5.84. The Morgan fingerprint density at radius 1 is 0.968 bits per heavy atom. The Bertz CT molecular complexity index is 894. The quantitative estimate of drug-likeness (QED) is 0.730. The molecule has 2 aromatic carbocycles. The lowest BCUT2D eigenvalue weighted by molar-refractivity contribution is -0.143. The fraction of sp³-hybridized carbons (Fsp3) is 0.481. The number of carbonyl (C=O) groups is 2. The molecule has 2 fully saturated rings. The van der Waals surface area contributed by atoms with Gasteiger partial charge in [-0.1, -0.05) is 67.4 Å². The van der Waals surface area contributed by atoms with E-state index in [0.717, 1.165) is 25.7 Å². The lowest BCUT2D eigenvalue weighted by Gasteiger charge is -2.41. The van der Waals surface area contributed by atoms with Gasteiger partial charge in [0.05, 0.1) is 5.41 Å². The van der Waals surface area contributed by atoms with E-state index in [1.165, 1.54) is 29.5 Å². The Balaban J connectivity index is 1.51. The molecule has 0 bridgehead atoms. The number of carbonyl (C=O) groups excluding carboxylic acids is 2. The van der Waals surface area contributed by atoms with Crippen LogP contribution in [-0.4, -0.2) is 36.3 Å². The molecule has 1 saturated carbocycles. The molecule has 1 aliphatic carbocycles. The zero-order chi connectivity index (χ0) is 21.7. The van der Waals surface area contributed by atoms with E-state index in [2.05, 4.69) is 53.8 Å². The van der Waals surface area contributed by atoms with Gasteiger partial charge in [0.15, 0.2) is 0 Å². The topological polar surface area (TPSA) is 49.4 Å². The van der Waals surface area contributed by atoms with Crippen LogP contribution in [0.15, 0.2) is 54.6 Å². The molecule has 2 amide bonds. The maximum Gasteiger partial charge on any atom is 0.226 e. The number of nitrogens with zero attached hydrogens (tertiary/aromatic N) is 1. The van der Waals surface area contributed by atoms with Gasteiger partial charge in [0, 0.05) is 25.6 Å². The molecule has 2 aromatic rings. The second kappa shape index (κ2) is 9.67. The fourth-order valence-electron chi connectivity index (χ4n) is 5.30. The van der Waals surface area contributed by atoms with E-state index < -0.39 is 5.41 Å². The Hall–Kier alpha value is -2.62. The van der Waals surface area contributed by atoms with E-state index in [1.54, 1.807) is 0 Å². The summed E-state index contributed by atoms with van der Waals surface area (Å²) in [5.74, 6) is 0.653. The average molecular weight is 419 g/mol. The summed E-state index contributed by atoms with van der Waals surface area (Å²) in [5.41, 5.74) is 3.10. The molecule has 1 N–H and O–H groups in total. The van der Waals surface area contributed by atoms with Crippen LogP contribution in [0.25, 0.3) is 11.1 Å². The zero-order valence-electron chi connectivity index (χ0n) is 18.6. The number of piperidine rings is 1. The molecule has 4 rings (SSSR count). The summed E-state index contributed by atoms with van der Waals surface area (Å²) in [5, 5.41) is 3.08. The standard InChI is InChI=1S/C27H34N2O2/c1-2-28-26(31)27(15-17-29(18-16-27)25(30)23-12-6-7-13-23)20-21-9-8-14-24(19-21)22-10-4-3-5-11-22/h3-5,8-11,14,19,23H,2,6-7,12-13,15-18,20H2,1H3,(H,28,31). The molecule has 0 unspecified atom stereocenters. The third-order valence-electron chi connectivity index (χ3n) is 7.13. The van der Waals surface area contributed by atoms with Gasteiger partial charge in [-0.2, -0.15) is 0 Å². The minimum atomic E-state index is -0.447. The zero-order valence-corrected chi connectivity index (χ0v) is 18.6. The number of hydrogen-bond acceptors (Lipinski definition) is 2. The molecule has 4 heteroatoms. The molecule has 2 aliphatic rings. The largest absolute Gasteiger partial charge is 0.356 e. The summed E-state index contributed by atoms with van der Waals surface area (Å²) in [4.78, 5) is 28.1. The van der Waals surface area contributed by atoms with E-state index >= 15 is 0 Å². The maximum atomic E-state index is 13.2. The van der Waals surface area contributed by atoms with Crippen LogP contribution >= 0.6 is 0 Å². The average Bonchev–Trinajstić information content (AvgIpc) is 3.35. The molecule has 1 aliphatic heterocycles. The predicted octanol–water partition coefficient (Wildman–Crippen LogP) is 4.83. The van der Waals surface area contributed by atoms with E-state index in [9.17, 15) is 9.59 Å². The van der Waals surface area contributed by atoms with Crippen LogP contribution in [0.3, 0.4) is 0 Å². The number of hydrogen-bond donors (Lipinski definition) is 1. The highest BCUT2D eigenvalue weighted by Crippen LogP contribution is 2.38. The molecule has 4 nitrogen and oxygen atoms in total. The Morgan fingerprint density at radius 3 is 2.32 bits per heavy atom. The second-order valence-electron chi connectivity index (χ2n) is 9.19. The molecule has 0 radical (unpaired) electrons. The van der Waals surface area contributed by atoms with Crippen molar-refractivity contribution in [2.24, 2.45) is 11.3 Å². The van der Waals surface area contributed by atoms with Crippen LogP contribution in [0.1, 0.15) is 51.0 Å². The van der Waals surface area contributed by atoms with Crippen LogP contribution in [0.5, 0.6) is 0 Å². The summed E-state index contributed by atoms with van der Waals surface area (Å²) in [7, 11) is 0. The normalized spacial score (nSPS) is 18.7. The first-order chi connectivity index (χ1) is 15.1. The van der Waals surface area contributed by atoms with Crippen molar-refractivity contribution in [3.63, 3.8) is 0 Å². The lowest BCUT2D eigenvalue weighted by atomic mass is 9.72. The molecule has 31 heavy (non-hydrogen) atoms. The van der Waals surface area contributed by atoms with Crippen molar-refractivity contribution in [2.75, 3.05) is 19.6 Å². The Labute approximate surface area is 186 Å². The third kappa shape index (κ3) is 4.84. The van der Waals surface area contributed by atoms with Gasteiger partial charge >= 0.3 is 0 Å². The number of nitrogens with one attached hydrogen (secondary N) is 1.